The predicted molar refractivity (Wildman–Crippen MR) is 267 cm³/mol. The number of fused-ring (bicyclic) bond motifs is 16. The third kappa shape index (κ3) is 4.86. The minimum atomic E-state index is -0.477. The van der Waals surface area contributed by atoms with Crippen molar-refractivity contribution in [2.75, 3.05) is 11.9 Å². The molecule has 5 nitrogen and oxygen atoms in total. The Morgan fingerprint density at radius 2 is 1.08 bits per heavy atom. The van der Waals surface area contributed by atoms with Crippen LogP contribution in [0.15, 0.2) is 216 Å². The molecule has 0 saturated carbocycles. The van der Waals surface area contributed by atoms with Gasteiger partial charge in [-0.15, -0.1) is 0 Å². The lowest BCUT2D eigenvalue weighted by Crippen LogP contribution is -2.34. The maximum Gasteiger partial charge on any atom is 0.203 e. The van der Waals surface area contributed by atoms with Gasteiger partial charge >= 0.3 is 0 Å². The summed E-state index contributed by atoms with van der Waals surface area (Å²) in [4.78, 5) is 8.34. The zero-order valence-corrected chi connectivity index (χ0v) is 34.9. The van der Waals surface area contributed by atoms with Gasteiger partial charge in [0, 0.05) is 61.6 Å². The van der Waals surface area contributed by atoms with E-state index in [0.717, 1.165) is 66.7 Å². The van der Waals surface area contributed by atoms with Gasteiger partial charge in [0.05, 0.1) is 33.5 Å². The van der Waals surface area contributed by atoms with Crippen molar-refractivity contribution in [3.8, 4) is 16.8 Å². The number of anilines is 1. The number of rotatable bonds is 4. The summed E-state index contributed by atoms with van der Waals surface area (Å²) in [6.45, 7) is 0. The largest absolute Gasteiger partial charge is 0.454 e. The molecule has 13 aromatic rings. The van der Waals surface area contributed by atoms with Crippen molar-refractivity contribution in [3.63, 3.8) is 0 Å². The average molecular weight is 819 g/mol. The Kier molecular flexibility index (Phi) is 7.32. The number of aromatic nitrogens is 2. The molecule has 1 aliphatic heterocycles. The van der Waals surface area contributed by atoms with Gasteiger partial charge in [0.15, 0.2) is 5.58 Å². The van der Waals surface area contributed by atoms with Crippen LogP contribution in [0.4, 0.5) is 5.69 Å². The minimum absolute atomic E-state index is 0.477. The molecular weight excluding hydrogens is 781 g/mol. The van der Waals surface area contributed by atoms with Crippen molar-refractivity contribution in [1.29, 1.82) is 0 Å². The molecular formula is C59H38N4O. The summed E-state index contributed by atoms with van der Waals surface area (Å²) in [5.41, 5.74) is 14.0. The number of para-hydroxylation sites is 3. The Labute approximate surface area is 367 Å². The van der Waals surface area contributed by atoms with Gasteiger partial charge in [0.2, 0.25) is 6.29 Å². The van der Waals surface area contributed by atoms with Gasteiger partial charge in [-0.1, -0.05) is 158 Å². The molecule has 0 fully saturated rings. The number of benzene rings is 10. The fraction of sp³-hybridized carbons (Fsp3) is 0.0339. The van der Waals surface area contributed by atoms with E-state index in [9.17, 15) is 0 Å². The molecule has 0 N–H and O–H groups in total. The van der Waals surface area contributed by atoms with Crippen LogP contribution >= 0.6 is 0 Å². The lowest BCUT2D eigenvalue weighted by molar-refractivity contribution is 0.540. The maximum atomic E-state index is 7.07. The normalized spacial score (nSPS) is 14.2. The van der Waals surface area contributed by atoms with E-state index in [4.69, 9.17) is 9.41 Å². The Morgan fingerprint density at radius 1 is 0.453 bits per heavy atom. The average Bonchev–Trinajstić information content (AvgIpc) is 4.03. The summed E-state index contributed by atoms with van der Waals surface area (Å²) >= 11 is 0. The highest BCUT2D eigenvalue weighted by Crippen LogP contribution is 2.49. The molecule has 14 rings (SSSR count). The van der Waals surface area contributed by atoms with Crippen LogP contribution in [0.2, 0.25) is 0 Å². The van der Waals surface area contributed by atoms with Crippen LogP contribution in [0.1, 0.15) is 17.4 Å². The SMILES string of the molecule is CN1c2c(ccc3ccccc23)C(c2ccc3c(c2)c2ccccc2n3-c2ccccc2)=NC1n1c2ccc(-c3ccccc3)cc2c2c3ccccc3c3c4ccccc4oc3c21. The first-order chi connectivity index (χ1) is 31.7. The zero-order valence-electron chi connectivity index (χ0n) is 34.9. The highest BCUT2D eigenvalue weighted by Gasteiger charge is 2.33. The number of hydrogen-bond donors (Lipinski definition) is 0. The molecule has 0 spiro atoms. The summed E-state index contributed by atoms with van der Waals surface area (Å²) in [6.07, 6.45) is -0.477. The van der Waals surface area contributed by atoms with Gasteiger partial charge < -0.3 is 13.9 Å². The van der Waals surface area contributed by atoms with Crippen molar-refractivity contribution in [1.82, 2.24) is 9.13 Å². The van der Waals surface area contributed by atoms with E-state index in [1.54, 1.807) is 0 Å². The van der Waals surface area contributed by atoms with Crippen molar-refractivity contribution in [2.24, 2.45) is 4.99 Å². The fourth-order valence-electron chi connectivity index (χ4n) is 10.9. The second-order valence-corrected chi connectivity index (χ2v) is 17.1. The van der Waals surface area contributed by atoms with Crippen molar-refractivity contribution in [3.05, 3.63) is 217 Å². The summed E-state index contributed by atoms with van der Waals surface area (Å²) in [5, 5.41) is 11.7. The van der Waals surface area contributed by atoms with Crippen LogP contribution in [0.5, 0.6) is 0 Å². The summed E-state index contributed by atoms with van der Waals surface area (Å²) in [6, 6.07) is 74.5. The quantitative estimate of drug-likeness (QED) is 0.177. The smallest absolute Gasteiger partial charge is 0.203 e. The number of furan rings is 1. The molecule has 5 heteroatoms. The first-order valence-electron chi connectivity index (χ1n) is 22.0. The standard InChI is InChI=1S/C59H38N4O/c1-61-56-41-21-9-8-18-37(41)28-31-46(56)55(39-30-33-50-47(35-39)42-22-12-14-26-49(42)62(50)40-19-6-3-7-20-40)60-59(61)63-51-32-29-38(36-16-4-2-5-17-36)34-48(51)53-43-23-10-11-24-44(43)54-45-25-13-15-27-52(45)64-58(54)57(53)63/h2-35,59H,1H3. The molecule has 1 aliphatic rings. The third-order valence-electron chi connectivity index (χ3n) is 13.7. The van der Waals surface area contributed by atoms with Gasteiger partial charge in [-0.2, -0.15) is 0 Å². The molecule has 0 amide bonds. The van der Waals surface area contributed by atoms with E-state index >= 15 is 0 Å². The van der Waals surface area contributed by atoms with Crippen molar-refractivity contribution < 1.29 is 4.42 Å². The lowest BCUT2D eigenvalue weighted by atomic mass is 9.93. The molecule has 3 aromatic heterocycles. The summed E-state index contributed by atoms with van der Waals surface area (Å²) in [7, 11) is 2.21. The van der Waals surface area contributed by atoms with Crippen LogP contribution in [0.25, 0.3) is 104 Å². The van der Waals surface area contributed by atoms with Crippen LogP contribution in [0.3, 0.4) is 0 Å². The molecule has 0 aliphatic carbocycles. The Hall–Kier alpha value is -8.41. The first kappa shape index (κ1) is 35.2. The van der Waals surface area contributed by atoms with Crippen molar-refractivity contribution in [2.45, 2.75) is 6.29 Å². The van der Waals surface area contributed by atoms with E-state index in [1.165, 1.54) is 59.7 Å². The third-order valence-corrected chi connectivity index (χ3v) is 13.7. The molecule has 4 heterocycles. The number of aliphatic imine (C=N–C) groups is 1. The highest BCUT2D eigenvalue weighted by atomic mass is 16.3. The monoisotopic (exact) mass is 818 g/mol. The topological polar surface area (TPSA) is 38.6 Å². The zero-order chi connectivity index (χ0) is 42.0. The maximum absolute atomic E-state index is 7.07. The van der Waals surface area contributed by atoms with E-state index in [0.29, 0.717) is 0 Å². The fourth-order valence-corrected chi connectivity index (χ4v) is 10.9. The molecule has 300 valence electrons. The molecule has 1 unspecified atom stereocenters. The van der Waals surface area contributed by atoms with Crippen LogP contribution in [-0.2, 0) is 0 Å². The predicted octanol–water partition coefficient (Wildman–Crippen LogP) is 15.2. The molecule has 10 aromatic carbocycles. The second-order valence-electron chi connectivity index (χ2n) is 17.1. The van der Waals surface area contributed by atoms with E-state index in [2.05, 4.69) is 227 Å². The van der Waals surface area contributed by atoms with E-state index in [1.807, 2.05) is 0 Å². The molecule has 0 bridgehead atoms. The summed E-state index contributed by atoms with van der Waals surface area (Å²) < 4.78 is 11.9. The summed E-state index contributed by atoms with van der Waals surface area (Å²) in [5.74, 6) is 0. The lowest BCUT2D eigenvalue weighted by Gasteiger charge is -2.36. The molecule has 0 radical (unpaired) electrons. The van der Waals surface area contributed by atoms with Crippen molar-refractivity contribution >= 4 is 98.5 Å². The minimum Gasteiger partial charge on any atom is -0.454 e. The van der Waals surface area contributed by atoms with E-state index in [-0.39, 0.29) is 0 Å². The van der Waals surface area contributed by atoms with Gasteiger partial charge in [0.25, 0.3) is 0 Å². The molecule has 64 heavy (non-hydrogen) atoms. The second kappa shape index (κ2) is 13.3. The first-order valence-corrected chi connectivity index (χ1v) is 22.0. The Morgan fingerprint density at radius 3 is 1.91 bits per heavy atom. The van der Waals surface area contributed by atoms with E-state index < -0.39 is 6.29 Å². The number of nitrogens with zero attached hydrogens (tertiary/aromatic N) is 4. The van der Waals surface area contributed by atoms with Gasteiger partial charge in [-0.3, -0.25) is 4.57 Å². The van der Waals surface area contributed by atoms with Crippen LogP contribution < -0.4 is 4.90 Å². The van der Waals surface area contributed by atoms with Gasteiger partial charge in [-0.25, -0.2) is 4.99 Å². The van der Waals surface area contributed by atoms with Crippen LogP contribution in [0, 0.1) is 0 Å². The Bertz CT molecular complexity index is 4100. The van der Waals surface area contributed by atoms with Gasteiger partial charge in [-0.05, 0) is 75.8 Å². The molecule has 1 atom stereocenters. The number of hydrogen-bond acceptors (Lipinski definition) is 3. The highest BCUT2D eigenvalue weighted by molar-refractivity contribution is 6.35. The Balaban J connectivity index is 1.11. The van der Waals surface area contributed by atoms with Gasteiger partial charge in [0.1, 0.15) is 5.58 Å². The molecule has 0 saturated heterocycles. The van der Waals surface area contributed by atoms with Crippen LogP contribution in [-0.4, -0.2) is 21.9 Å².